The van der Waals surface area contributed by atoms with Gasteiger partial charge in [-0.15, -0.1) is 6.58 Å². The van der Waals surface area contributed by atoms with Crippen molar-refractivity contribution in [3.05, 3.63) is 35.4 Å². The topological polar surface area (TPSA) is 38.7 Å². The van der Waals surface area contributed by atoms with E-state index >= 15 is 0 Å². The van der Waals surface area contributed by atoms with E-state index in [1.54, 1.807) is 0 Å². The largest absolute Gasteiger partial charge is 0.543 e. The van der Waals surface area contributed by atoms with Gasteiger partial charge in [-0.1, -0.05) is 54.5 Å². The zero-order valence-corrected chi connectivity index (χ0v) is 24.5. The Morgan fingerprint density at radius 1 is 0.903 bits per heavy atom. The number of aliphatic hydroxyl groups excluding tert-OH is 1. The van der Waals surface area contributed by atoms with Gasteiger partial charge in [-0.3, -0.25) is 0 Å². The van der Waals surface area contributed by atoms with Gasteiger partial charge in [0.2, 0.25) is 16.6 Å². The summed E-state index contributed by atoms with van der Waals surface area (Å²) in [6.07, 6.45) is 1.89. The summed E-state index contributed by atoms with van der Waals surface area (Å²) in [5.41, 5.74) is 3.35. The fraction of sp³-hybridized carbons (Fsp3) is 0.692. The van der Waals surface area contributed by atoms with E-state index in [9.17, 15) is 5.11 Å². The summed E-state index contributed by atoms with van der Waals surface area (Å²) >= 11 is 0. The van der Waals surface area contributed by atoms with Crippen LogP contribution < -0.4 is 8.85 Å². The number of hydrogen-bond acceptors (Lipinski definition) is 3. The van der Waals surface area contributed by atoms with E-state index in [1.165, 1.54) is 0 Å². The van der Waals surface area contributed by atoms with Crippen LogP contribution in [0.1, 0.15) is 65.2 Å². The molecule has 0 unspecified atom stereocenters. The van der Waals surface area contributed by atoms with Crippen molar-refractivity contribution in [2.24, 2.45) is 5.92 Å². The smallest absolute Gasteiger partial charge is 0.250 e. The third-order valence-corrected chi connectivity index (χ3v) is 16.3. The molecule has 0 radical (unpaired) electrons. The second-order valence-corrected chi connectivity index (χ2v) is 21.6. The summed E-state index contributed by atoms with van der Waals surface area (Å²) in [4.78, 5) is 0. The molecule has 0 aliphatic carbocycles. The Morgan fingerprint density at radius 3 is 1.55 bits per heavy atom. The number of rotatable bonds is 8. The normalized spacial score (nSPS) is 15.4. The Kier molecular flexibility index (Phi) is 8.52. The van der Waals surface area contributed by atoms with Gasteiger partial charge in [0, 0.05) is 6.07 Å². The van der Waals surface area contributed by atoms with Crippen molar-refractivity contribution in [3.8, 4) is 11.5 Å². The van der Waals surface area contributed by atoms with E-state index in [4.69, 9.17) is 8.85 Å². The van der Waals surface area contributed by atoms with Crippen LogP contribution in [0, 0.1) is 19.8 Å². The van der Waals surface area contributed by atoms with Gasteiger partial charge in [0.25, 0.3) is 0 Å². The highest BCUT2D eigenvalue weighted by atomic mass is 28.4. The first-order chi connectivity index (χ1) is 13.7. The number of benzene rings is 1. The lowest BCUT2D eigenvalue weighted by Crippen LogP contribution is -2.45. The highest BCUT2D eigenvalue weighted by Gasteiger charge is 2.41. The fourth-order valence-corrected chi connectivity index (χ4v) is 4.98. The van der Waals surface area contributed by atoms with Gasteiger partial charge < -0.3 is 14.0 Å². The van der Waals surface area contributed by atoms with Gasteiger partial charge >= 0.3 is 0 Å². The fourth-order valence-electron chi connectivity index (χ4n) is 2.84. The molecule has 1 N–H and O–H groups in total. The van der Waals surface area contributed by atoms with Gasteiger partial charge in [-0.2, -0.15) is 0 Å². The van der Waals surface area contributed by atoms with Gasteiger partial charge in [-0.05, 0) is 79.1 Å². The van der Waals surface area contributed by atoms with Crippen molar-refractivity contribution >= 4 is 16.6 Å². The second-order valence-electron chi connectivity index (χ2n) is 12.2. The third kappa shape index (κ3) is 6.48. The first kappa shape index (κ1) is 28.0. The number of aliphatic hydroxyl groups is 1. The molecule has 178 valence electrons. The maximum atomic E-state index is 10.8. The Hall–Kier alpha value is -1.05. The van der Waals surface area contributed by atoms with Gasteiger partial charge in [0.1, 0.15) is 11.5 Å². The summed E-state index contributed by atoms with van der Waals surface area (Å²) in [7, 11) is -4.05. The monoisotopic (exact) mass is 464 g/mol. The van der Waals surface area contributed by atoms with Gasteiger partial charge in [0.05, 0.1) is 6.10 Å². The minimum atomic E-state index is -2.03. The average Bonchev–Trinajstić information content (AvgIpc) is 2.59. The molecule has 1 rings (SSSR count). The van der Waals surface area contributed by atoms with Gasteiger partial charge in [0.15, 0.2) is 0 Å². The van der Waals surface area contributed by atoms with E-state index in [1.807, 2.05) is 13.0 Å². The first-order valence-corrected chi connectivity index (χ1v) is 17.4. The lowest BCUT2D eigenvalue weighted by atomic mass is 9.91. The van der Waals surface area contributed by atoms with Crippen LogP contribution in [0.3, 0.4) is 0 Å². The van der Waals surface area contributed by atoms with Crippen LogP contribution in [-0.4, -0.2) is 27.8 Å². The van der Waals surface area contributed by atoms with Crippen molar-refractivity contribution in [1.82, 2.24) is 0 Å². The molecule has 0 aromatic heterocycles. The molecule has 0 fully saturated rings. The molecule has 0 aliphatic heterocycles. The molecule has 0 saturated carbocycles. The maximum Gasteiger partial charge on any atom is 0.250 e. The average molecular weight is 465 g/mol. The molecule has 0 heterocycles. The molecule has 1 aromatic carbocycles. The standard InChI is InChI=1S/C26H48O3Si2/c1-15-18(2)22(27)16-21-19(3)23(28-30(11,12)25(5,6)7)17-24(20(21)4)29-31(13,14)26(8,9)10/h15,17-18,22,27H,1,16H2,2-14H3/t18-,22-/m1/s1. The summed E-state index contributed by atoms with van der Waals surface area (Å²) in [6, 6.07) is 2.11. The van der Waals surface area contributed by atoms with Crippen LogP contribution in [0.5, 0.6) is 11.5 Å². The lowest BCUT2D eigenvalue weighted by molar-refractivity contribution is 0.138. The highest BCUT2D eigenvalue weighted by Crippen LogP contribution is 2.44. The van der Waals surface area contributed by atoms with E-state index < -0.39 is 22.7 Å². The van der Waals surface area contributed by atoms with Crippen LogP contribution in [0.25, 0.3) is 0 Å². The first-order valence-electron chi connectivity index (χ1n) is 11.6. The highest BCUT2D eigenvalue weighted by molar-refractivity contribution is 6.75. The Balaban J connectivity index is 3.63. The zero-order chi connectivity index (χ0) is 24.6. The maximum absolute atomic E-state index is 10.8. The Labute approximate surface area is 194 Å². The van der Waals surface area contributed by atoms with Gasteiger partial charge in [-0.25, -0.2) is 0 Å². The van der Waals surface area contributed by atoms with E-state index in [2.05, 4.69) is 94.2 Å². The summed E-state index contributed by atoms with van der Waals surface area (Å²) in [5, 5.41) is 11.0. The molecule has 0 amide bonds. The van der Waals surface area contributed by atoms with Crippen LogP contribution in [0.2, 0.25) is 36.3 Å². The molecule has 0 saturated heterocycles. The summed E-state index contributed by atoms with van der Waals surface area (Å²) < 4.78 is 13.5. The molecule has 2 atom stereocenters. The molecule has 1 aromatic rings. The van der Waals surface area contributed by atoms with Crippen molar-refractivity contribution in [3.63, 3.8) is 0 Å². The van der Waals surface area contributed by atoms with Crippen molar-refractivity contribution in [2.75, 3.05) is 0 Å². The van der Waals surface area contributed by atoms with Crippen LogP contribution in [0.15, 0.2) is 18.7 Å². The number of hydrogen-bond donors (Lipinski definition) is 1. The van der Waals surface area contributed by atoms with Crippen molar-refractivity contribution < 1.29 is 14.0 Å². The molecule has 0 bridgehead atoms. The molecule has 5 heteroatoms. The van der Waals surface area contributed by atoms with E-state index in [0.29, 0.717) is 6.42 Å². The predicted octanol–water partition coefficient (Wildman–Crippen LogP) is 7.80. The zero-order valence-electron chi connectivity index (χ0n) is 22.5. The molecule has 0 aliphatic rings. The van der Waals surface area contributed by atoms with Crippen LogP contribution in [-0.2, 0) is 6.42 Å². The lowest BCUT2D eigenvalue weighted by Gasteiger charge is -2.39. The second kappa shape index (κ2) is 9.44. The third-order valence-electron chi connectivity index (χ3n) is 7.64. The SMILES string of the molecule is C=C[C@@H](C)[C@H](O)Cc1c(C)c(O[Si](C)(C)C(C)(C)C)cc(O[Si](C)(C)C(C)(C)C)c1C. The molecular weight excluding hydrogens is 416 g/mol. The summed E-state index contributed by atoms with van der Waals surface area (Å²) in [6.45, 7) is 32.7. The quantitative estimate of drug-likeness (QED) is 0.315. The minimum Gasteiger partial charge on any atom is -0.543 e. The van der Waals surface area contributed by atoms with Crippen LogP contribution >= 0.6 is 0 Å². The molecular formula is C26H48O3Si2. The van der Waals surface area contributed by atoms with Crippen LogP contribution in [0.4, 0.5) is 0 Å². The van der Waals surface area contributed by atoms with Crippen molar-refractivity contribution in [1.29, 1.82) is 0 Å². The Bertz CT molecular complexity index is 731. The Morgan fingerprint density at radius 2 is 1.26 bits per heavy atom. The summed E-state index contributed by atoms with van der Waals surface area (Å²) in [5.74, 6) is 1.83. The minimum absolute atomic E-state index is 0.0218. The van der Waals surface area contributed by atoms with E-state index in [0.717, 1.165) is 28.2 Å². The molecule has 31 heavy (non-hydrogen) atoms. The molecule has 3 nitrogen and oxygen atoms in total. The predicted molar refractivity (Wildman–Crippen MR) is 141 cm³/mol. The molecule has 0 spiro atoms. The van der Waals surface area contributed by atoms with Crippen molar-refractivity contribution in [2.45, 2.75) is 111 Å². The van der Waals surface area contributed by atoms with E-state index in [-0.39, 0.29) is 16.0 Å².